The van der Waals surface area contributed by atoms with Crippen molar-refractivity contribution in [2.24, 2.45) is 0 Å². The van der Waals surface area contributed by atoms with Gasteiger partial charge in [-0.2, -0.15) is 0 Å². The average molecular weight is 1140 g/mol. The van der Waals surface area contributed by atoms with E-state index in [1.807, 2.05) is 21.1 Å². The summed E-state index contributed by atoms with van der Waals surface area (Å²) in [6, 6.07) is 0. The summed E-state index contributed by atoms with van der Waals surface area (Å²) < 4.78 is 34.7. The van der Waals surface area contributed by atoms with Crippen molar-refractivity contribution in [2.45, 2.75) is 302 Å². The standard InChI is InChI=1S/C70H126NO8P/c1-6-8-10-12-14-16-18-20-22-24-26-28-30-32-34-35-37-38-40-42-44-46-48-50-52-54-56-58-60-62-69(72)76-66-68(67-78-80(74,75)77-65-64-71(3,4)5)79-70(73)63-61-59-57-55-53-51-49-47-45-43-41-39-36-33-31-29-27-25-23-21-19-17-15-13-11-9-7-2/h9,11,15,17,21,23-24,26-27,29,33,36,41,43,68H,6-8,10,12-14,16,18-20,22,25,28,30-32,34-35,37-40,42,44-67H2,1-5H3/p+1/b11-9-,17-15-,23-21-,26-24-,29-27-,36-33-,43-41-. The minimum Gasteiger partial charge on any atom is -0.462 e. The molecule has 0 aliphatic rings. The van der Waals surface area contributed by atoms with Crippen LogP contribution in [0, 0.1) is 0 Å². The Morgan fingerprint density at radius 3 is 1.07 bits per heavy atom. The molecule has 1 N–H and O–H groups in total. The van der Waals surface area contributed by atoms with Crippen molar-refractivity contribution in [3.8, 4) is 0 Å². The fourth-order valence-electron chi connectivity index (χ4n) is 9.31. The highest BCUT2D eigenvalue weighted by atomic mass is 31.2. The van der Waals surface area contributed by atoms with Crippen molar-refractivity contribution < 1.29 is 42.1 Å². The van der Waals surface area contributed by atoms with Crippen LogP contribution in [0.3, 0.4) is 0 Å². The number of carbonyl (C=O) groups is 2. The van der Waals surface area contributed by atoms with Crippen LogP contribution >= 0.6 is 7.82 Å². The maximum atomic E-state index is 12.9. The van der Waals surface area contributed by atoms with E-state index in [1.54, 1.807) is 0 Å². The molecule has 2 atom stereocenters. The van der Waals surface area contributed by atoms with Crippen LogP contribution in [0.1, 0.15) is 296 Å². The Bertz CT molecular complexity index is 1630. The van der Waals surface area contributed by atoms with Gasteiger partial charge in [-0.05, 0) is 89.9 Å². The van der Waals surface area contributed by atoms with Gasteiger partial charge in [0, 0.05) is 12.8 Å². The van der Waals surface area contributed by atoms with Crippen LogP contribution in [0.2, 0.25) is 0 Å². The van der Waals surface area contributed by atoms with Gasteiger partial charge in [-0.1, -0.05) is 279 Å². The first-order chi connectivity index (χ1) is 39.0. The number of phosphoric acid groups is 1. The van der Waals surface area contributed by atoms with Gasteiger partial charge in [-0.25, -0.2) is 4.57 Å². The second-order valence-corrected chi connectivity index (χ2v) is 24.9. The first-order valence-electron chi connectivity index (χ1n) is 33.3. The van der Waals surface area contributed by atoms with E-state index in [-0.39, 0.29) is 32.0 Å². The van der Waals surface area contributed by atoms with Gasteiger partial charge in [0.25, 0.3) is 0 Å². The maximum absolute atomic E-state index is 12.9. The summed E-state index contributed by atoms with van der Waals surface area (Å²) in [7, 11) is 1.47. The van der Waals surface area contributed by atoms with Crippen LogP contribution in [-0.2, 0) is 32.7 Å². The number of ether oxygens (including phenoxy) is 2. The minimum absolute atomic E-state index is 0.0273. The van der Waals surface area contributed by atoms with Gasteiger partial charge in [-0.3, -0.25) is 18.6 Å². The van der Waals surface area contributed by atoms with Crippen LogP contribution in [0.5, 0.6) is 0 Å². The van der Waals surface area contributed by atoms with Gasteiger partial charge < -0.3 is 18.9 Å². The molecule has 464 valence electrons. The smallest absolute Gasteiger partial charge is 0.462 e. The van der Waals surface area contributed by atoms with E-state index in [1.165, 1.54) is 180 Å². The van der Waals surface area contributed by atoms with Crippen LogP contribution in [0.15, 0.2) is 85.1 Å². The number of phosphoric ester groups is 1. The molecular formula is C70H127NO8P+. The highest BCUT2D eigenvalue weighted by Crippen LogP contribution is 2.43. The van der Waals surface area contributed by atoms with Crippen molar-refractivity contribution in [1.29, 1.82) is 0 Å². The molecule has 0 heterocycles. The third-order valence-electron chi connectivity index (χ3n) is 14.4. The van der Waals surface area contributed by atoms with Gasteiger partial charge in [0.15, 0.2) is 6.10 Å². The molecule has 80 heavy (non-hydrogen) atoms. The predicted molar refractivity (Wildman–Crippen MR) is 344 cm³/mol. The van der Waals surface area contributed by atoms with Crippen molar-refractivity contribution >= 4 is 19.8 Å². The Balaban J connectivity index is 4.10. The minimum atomic E-state index is -4.40. The number of esters is 2. The van der Waals surface area contributed by atoms with Crippen LogP contribution < -0.4 is 0 Å². The van der Waals surface area contributed by atoms with Crippen molar-refractivity contribution in [3.05, 3.63) is 85.1 Å². The second-order valence-electron chi connectivity index (χ2n) is 23.5. The highest BCUT2D eigenvalue weighted by molar-refractivity contribution is 7.47. The van der Waals surface area contributed by atoms with E-state index in [0.29, 0.717) is 17.4 Å². The molecule has 10 heteroatoms. The zero-order chi connectivity index (χ0) is 58.4. The number of carbonyl (C=O) groups excluding carboxylic acids is 2. The molecule has 0 fully saturated rings. The topological polar surface area (TPSA) is 108 Å². The van der Waals surface area contributed by atoms with E-state index in [4.69, 9.17) is 18.5 Å². The SMILES string of the molecule is CC/C=C\C/C=C\C/C=C\C/C=C\C/C=C\C/C=C\CCCCCCCCCCC(=O)OC(COC(=O)CCCCCCCCCCCCCCCCCCC/C=C\CCCCCCCCCC)COP(=O)(O)OCC[N+](C)(C)C. The number of allylic oxidation sites excluding steroid dienone is 14. The molecule has 0 aliphatic heterocycles. The van der Waals surface area contributed by atoms with Gasteiger partial charge >= 0.3 is 19.8 Å². The van der Waals surface area contributed by atoms with Gasteiger partial charge in [-0.15, -0.1) is 0 Å². The second kappa shape index (κ2) is 60.8. The Kier molecular flexibility index (Phi) is 58.6. The number of hydrogen-bond donors (Lipinski definition) is 1. The highest BCUT2D eigenvalue weighted by Gasteiger charge is 2.27. The number of likely N-dealkylation sites (N-methyl/N-ethyl adjacent to an activating group) is 1. The molecule has 0 aromatic carbocycles. The van der Waals surface area contributed by atoms with Crippen molar-refractivity contribution in [3.63, 3.8) is 0 Å². The lowest BCUT2D eigenvalue weighted by Gasteiger charge is -2.24. The molecule has 0 aromatic heterocycles. The van der Waals surface area contributed by atoms with Crippen LogP contribution in [0.4, 0.5) is 0 Å². The van der Waals surface area contributed by atoms with Gasteiger partial charge in [0.1, 0.15) is 19.8 Å². The molecule has 0 aromatic rings. The molecule has 9 nitrogen and oxygen atoms in total. The third-order valence-corrected chi connectivity index (χ3v) is 15.4. The van der Waals surface area contributed by atoms with Crippen molar-refractivity contribution in [1.82, 2.24) is 0 Å². The fraction of sp³-hybridized carbons (Fsp3) is 0.771. The maximum Gasteiger partial charge on any atom is 0.472 e. The summed E-state index contributed by atoms with van der Waals surface area (Å²) in [4.78, 5) is 35.8. The molecule has 0 radical (unpaired) electrons. The average Bonchev–Trinajstić information content (AvgIpc) is 3.42. The number of hydrogen-bond acceptors (Lipinski definition) is 7. The largest absolute Gasteiger partial charge is 0.472 e. The van der Waals surface area contributed by atoms with Crippen LogP contribution in [-0.4, -0.2) is 74.9 Å². The Morgan fingerprint density at radius 2 is 0.713 bits per heavy atom. The first-order valence-corrected chi connectivity index (χ1v) is 34.8. The number of rotatable bonds is 61. The van der Waals surface area contributed by atoms with Gasteiger partial charge in [0.05, 0.1) is 27.7 Å². The normalized spacial score (nSPS) is 13.7. The predicted octanol–water partition coefficient (Wildman–Crippen LogP) is 21.4. The summed E-state index contributed by atoms with van der Waals surface area (Å²) in [5, 5.41) is 0. The summed E-state index contributed by atoms with van der Waals surface area (Å²) in [5.74, 6) is -0.800. The quantitative estimate of drug-likeness (QED) is 0.0211. The van der Waals surface area contributed by atoms with Crippen molar-refractivity contribution in [2.75, 3.05) is 47.5 Å². The molecule has 0 aliphatic carbocycles. The molecule has 0 saturated heterocycles. The zero-order valence-corrected chi connectivity index (χ0v) is 53.7. The molecule has 0 amide bonds. The Morgan fingerprint density at radius 1 is 0.400 bits per heavy atom. The third kappa shape index (κ3) is 64.4. The first kappa shape index (κ1) is 77.2. The summed E-state index contributed by atoms with van der Waals surface area (Å²) >= 11 is 0. The Labute approximate surface area is 494 Å². The number of nitrogens with zero attached hydrogens (tertiary/aromatic N) is 1. The van der Waals surface area contributed by atoms with E-state index >= 15 is 0 Å². The molecular weight excluding hydrogens is 1010 g/mol. The van der Waals surface area contributed by atoms with E-state index in [2.05, 4.69) is 98.9 Å². The zero-order valence-electron chi connectivity index (χ0n) is 52.8. The fourth-order valence-corrected chi connectivity index (χ4v) is 10.1. The lowest BCUT2D eigenvalue weighted by molar-refractivity contribution is -0.870. The summed E-state index contributed by atoms with van der Waals surface area (Å²) in [5.41, 5.74) is 0. The molecule has 0 spiro atoms. The van der Waals surface area contributed by atoms with Gasteiger partial charge in [0.2, 0.25) is 0 Å². The molecule has 0 saturated carbocycles. The van der Waals surface area contributed by atoms with Crippen LogP contribution in [0.25, 0.3) is 0 Å². The lowest BCUT2D eigenvalue weighted by atomic mass is 10.0. The number of quaternary nitrogens is 1. The molecule has 0 bridgehead atoms. The monoisotopic (exact) mass is 1140 g/mol. The number of unbranched alkanes of at least 4 members (excludes halogenated alkanes) is 33. The Hall–Kier alpha value is -2.81. The summed E-state index contributed by atoms with van der Waals surface area (Å²) in [6.07, 6.45) is 82.4. The molecule has 0 rings (SSSR count). The van der Waals surface area contributed by atoms with E-state index in [0.717, 1.165) is 83.5 Å². The van der Waals surface area contributed by atoms with E-state index in [9.17, 15) is 19.0 Å². The molecule has 2 unspecified atom stereocenters. The lowest BCUT2D eigenvalue weighted by Crippen LogP contribution is -2.37. The van der Waals surface area contributed by atoms with E-state index < -0.39 is 26.5 Å². The summed E-state index contributed by atoms with van der Waals surface area (Å²) in [6.45, 7) is 4.34.